The number of rotatable bonds is 8. The molecule has 2 amide bonds. The van der Waals surface area contributed by atoms with Gasteiger partial charge in [0, 0.05) is 46.4 Å². The topological polar surface area (TPSA) is 40.6 Å². The Morgan fingerprint density at radius 3 is 1.96 bits per heavy atom. The van der Waals surface area contributed by atoms with Gasteiger partial charge in [0.15, 0.2) is 0 Å². The van der Waals surface area contributed by atoms with E-state index in [0.717, 1.165) is 12.8 Å². The van der Waals surface area contributed by atoms with Gasteiger partial charge < -0.3 is 9.80 Å². The van der Waals surface area contributed by atoms with Gasteiger partial charge in [-0.1, -0.05) is 33.6 Å². The Morgan fingerprint density at radius 1 is 1.04 bits per heavy atom. The molecular weight excluding hydrogens is 302 g/mol. The Hall–Kier alpha value is -1.20. The van der Waals surface area contributed by atoms with E-state index in [4.69, 9.17) is 0 Å². The summed E-state index contributed by atoms with van der Waals surface area (Å²) in [5, 5.41) is 0. The van der Waals surface area contributed by atoms with Gasteiger partial charge in [-0.05, 0) is 5.92 Å². The number of amides is 2. The molecule has 0 atom stereocenters. The van der Waals surface area contributed by atoms with Gasteiger partial charge in [-0.2, -0.15) is 0 Å². The summed E-state index contributed by atoms with van der Waals surface area (Å²) in [6.07, 6.45) is 1.70. The molecule has 1 fully saturated rings. The second kappa shape index (κ2) is 7.58. The average molecular weight is 332 g/mol. The molecule has 134 valence electrons. The van der Waals surface area contributed by atoms with Gasteiger partial charge in [0.1, 0.15) is 0 Å². The molecule has 0 unspecified atom stereocenters. The first-order chi connectivity index (χ1) is 10.5. The maximum atomic E-state index is 13.0. The summed E-state index contributed by atoms with van der Waals surface area (Å²) >= 11 is 0. The van der Waals surface area contributed by atoms with E-state index in [2.05, 4.69) is 13.8 Å². The lowest BCUT2D eigenvalue weighted by Crippen LogP contribution is -2.54. The summed E-state index contributed by atoms with van der Waals surface area (Å²) in [4.78, 5) is 27.5. The second-order valence-corrected chi connectivity index (χ2v) is 7.20. The van der Waals surface area contributed by atoms with Crippen LogP contribution in [0.15, 0.2) is 0 Å². The predicted octanol–water partition coefficient (Wildman–Crippen LogP) is 3.16. The zero-order valence-corrected chi connectivity index (χ0v) is 15.0. The van der Waals surface area contributed by atoms with E-state index in [0.29, 0.717) is 25.4 Å². The molecule has 23 heavy (non-hydrogen) atoms. The first-order valence-corrected chi connectivity index (χ1v) is 8.42. The standard InChI is InChI=1S/C17H30F2N2O2/c1-6-13(7-2)10-14(22)20(4)8-9-21(5)15(23)16(3)11-17(18,19)12-16/h13H,6-12H2,1-5H3. The van der Waals surface area contributed by atoms with Gasteiger partial charge in [0.05, 0.1) is 5.41 Å². The molecule has 1 rings (SSSR count). The van der Waals surface area contributed by atoms with Crippen LogP contribution in [0, 0.1) is 11.3 Å². The van der Waals surface area contributed by atoms with Crippen molar-refractivity contribution in [1.29, 1.82) is 0 Å². The van der Waals surface area contributed by atoms with Crippen LogP contribution < -0.4 is 0 Å². The summed E-state index contributed by atoms with van der Waals surface area (Å²) in [6, 6.07) is 0. The Morgan fingerprint density at radius 2 is 1.52 bits per heavy atom. The van der Waals surface area contributed by atoms with Crippen molar-refractivity contribution in [3.05, 3.63) is 0 Å². The van der Waals surface area contributed by atoms with Crippen LogP contribution in [0.5, 0.6) is 0 Å². The van der Waals surface area contributed by atoms with E-state index < -0.39 is 11.3 Å². The van der Waals surface area contributed by atoms with Crippen molar-refractivity contribution in [2.75, 3.05) is 27.2 Å². The number of carbonyl (C=O) groups is 2. The summed E-state index contributed by atoms with van der Waals surface area (Å²) in [5.41, 5.74) is -0.962. The highest BCUT2D eigenvalue weighted by Gasteiger charge is 2.58. The molecule has 0 saturated heterocycles. The third-order valence-corrected chi connectivity index (χ3v) is 4.98. The van der Waals surface area contributed by atoms with E-state index in [1.54, 1.807) is 25.9 Å². The van der Waals surface area contributed by atoms with E-state index in [1.807, 2.05) is 0 Å². The summed E-state index contributed by atoms with van der Waals surface area (Å²) < 4.78 is 26.1. The minimum Gasteiger partial charge on any atom is -0.344 e. The van der Waals surface area contributed by atoms with Crippen LogP contribution in [0.3, 0.4) is 0 Å². The van der Waals surface area contributed by atoms with Gasteiger partial charge >= 0.3 is 0 Å². The zero-order chi connectivity index (χ0) is 17.8. The summed E-state index contributed by atoms with van der Waals surface area (Å²) in [6.45, 7) is 6.52. The third kappa shape index (κ3) is 5.15. The van der Waals surface area contributed by atoms with Gasteiger partial charge in [-0.3, -0.25) is 9.59 Å². The molecule has 0 heterocycles. The monoisotopic (exact) mass is 332 g/mol. The molecule has 1 aliphatic carbocycles. The molecule has 0 aromatic carbocycles. The smallest absolute Gasteiger partial charge is 0.250 e. The minimum absolute atomic E-state index is 0.0703. The van der Waals surface area contributed by atoms with Crippen LogP contribution in [0.1, 0.15) is 52.9 Å². The molecule has 0 aromatic heterocycles. The number of carbonyl (C=O) groups excluding carboxylic acids is 2. The van der Waals surface area contributed by atoms with Crippen LogP contribution in [0.25, 0.3) is 0 Å². The third-order valence-electron chi connectivity index (χ3n) is 4.98. The lowest BCUT2D eigenvalue weighted by molar-refractivity contribution is -0.182. The van der Waals surface area contributed by atoms with Crippen molar-refractivity contribution >= 4 is 11.8 Å². The fourth-order valence-corrected chi connectivity index (χ4v) is 3.21. The lowest BCUT2D eigenvalue weighted by Gasteiger charge is -2.45. The molecule has 4 nitrogen and oxygen atoms in total. The maximum absolute atomic E-state index is 13.0. The Balaban J connectivity index is 2.42. The fraction of sp³-hybridized carbons (Fsp3) is 0.882. The number of hydrogen-bond donors (Lipinski definition) is 0. The van der Waals surface area contributed by atoms with Crippen molar-refractivity contribution in [2.45, 2.75) is 58.8 Å². The molecule has 0 spiro atoms. The van der Waals surface area contributed by atoms with E-state index in [1.165, 1.54) is 4.90 Å². The molecule has 6 heteroatoms. The summed E-state index contributed by atoms with van der Waals surface area (Å²) in [5.74, 6) is -2.52. The van der Waals surface area contributed by atoms with Crippen LogP contribution in [0.4, 0.5) is 8.78 Å². The first kappa shape index (κ1) is 19.8. The highest BCUT2D eigenvalue weighted by atomic mass is 19.3. The van der Waals surface area contributed by atoms with Crippen molar-refractivity contribution in [3.8, 4) is 0 Å². The van der Waals surface area contributed by atoms with Crippen LogP contribution in [-0.2, 0) is 9.59 Å². The van der Waals surface area contributed by atoms with Crippen LogP contribution >= 0.6 is 0 Å². The highest BCUT2D eigenvalue weighted by Crippen LogP contribution is 2.52. The van der Waals surface area contributed by atoms with E-state index >= 15 is 0 Å². The average Bonchev–Trinajstić information content (AvgIpc) is 2.46. The highest BCUT2D eigenvalue weighted by molar-refractivity contribution is 5.83. The van der Waals surface area contributed by atoms with Crippen molar-refractivity contribution in [1.82, 2.24) is 9.80 Å². The SMILES string of the molecule is CCC(CC)CC(=O)N(C)CCN(C)C(=O)C1(C)CC(F)(F)C1. The van der Waals surface area contributed by atoms with E-state index in [9.17, 15) is 18.4 Å². The first-order valence-electron chi connectivity index (χ1n) is 8.42. The quantitative estimate of drug-likeness (QED) is 0.685. The minimum atomic E-state index is -2.71. The number of hydrogen-bond acceptors (Lipinski definition) is 2. The fourth-order valence-electron chi connectivity index (χ4n) is 3.21. The maximum Gasteiger partial charge on any atom is 0.250 e. The molecule has 0 aliphatic heterocycles. The predicted molar refractivity (Wildman–Crippen MR) is 86.3 cm³/mol. The Kier molecular flexibility index (Phi) is 6.54. The molecule has 0 bridgehead atoms. The second-order valence-electron chi connectivity index (χ2n) is 7.20. The van der Waals surface area contributed by atoms with E-state index in [-0.39, 0.29) is 24.7 Å². The lowest BCUT2D eigenvalue weighted by atomic mass is 9.66. The molecule has 0 radical (unpaired) electrons. The number of nitrogens with zero attached hydrogens (tertiary/aromatic N) is 2. The largest absolute Gasteiger partial charge is 0.344 e. The van der Waals surface area contributed by atoms with Crippen molar-refractivity contribution in [2.24, 2.45) is 11.3 Å². The van der Waals surface area contributed by atoms with Gasteiger partial charge in [0.25, 0.3) is 0 Å². The Labute approximate surface area is 138 Å². The van der Waals surface area contributed by atoms with Crippen LogP contribution in [-0.4, -0.2) is 54.7 Å². The van der Waals surface area contributed by atoms with Crippen molar-refractivity contribution in [3.63, 3.8) is 0 Å². The van der Waals surface area contributed by atoms with Gasteiger partial charge in [-0.25, -0.2) is 8.78 Å². The van der Waals surface area contributed by atoms with Gasteiger partial charge in [0.2, 0.25) is 17.7 Å². The van der Waals surface area contributed by atoms with Crippen LogP contribution in [0.2, 0.25) is 0 Å². The molecule has 0 N–H and O–H groups in total. The Bertz CT molecular complexity index is 428. The number of alkyl halides is 2. The molecule has 1 aliphatic rings. The normalized spacial score (nSPS) is 18.4. The number of likely N-dealkylation sites (N-methyl/N-ethyl adjacent to an activating group) is 2. The molecule has 0 aromatic rings. The summed E-state index contributed by atoms with van der Waals surface area (Å²) in [7, 11) is 3.34. The molecule has 1 saturated carbocycles. The van der Waals surface area contributed by atoms with Crippen molar-refractivity contribution < 1.29 is 18.4 Å². The zero-order valence-electron chi connectivity index (χ0n) is 15.0. The van der Waals surface area contributed by atoms with Gasteiger partial charge in [-0.15, -0.1) is 0 Å². The molecular formula is C17H30F2N2O2. The number of halogens is 2.